The van der Waals surface area contributed by atoms with Crippen LogP contribution in [0.15, 0.2) is 42.6 Å². The second-order valence-electron chi connectivity index (χ2n) is 5.00. The Morgan fingerprint density at radius 2 is 2.05 bits per heavy atom. The summed E-state index contributed by atoms with van der Waals surface area (Å²) in [5, 5.41) is 13.9. The van der Waals surface area contributed by atoms with Crippen LogP contribution in [0.1, 0.15) is 5.56 Å². The Hall–Kier alpha value is -2.36. The molecule has 116 valence electrons. The number of ether oxygens (including phenoxy) is 1. The van der Waals surface area contributed by atoms with Crippen molar-refractivity contribution in [1.82, 2.24) is 15.8 Å². The zero-order valence-corrected chi connectivity index (χ0v) is 12.4. The molecule has 1 amide bonds. The van der Waals surface area contributed by atoms with E-state index in [2.05, 4.69) is 17.3 Å². The fourth-order valence-electron chi connectivity index (χ4n) is 2.12. The molecule has 0 bridgehead atoms. The van der Waals surface area contributed by atoms with Gasteiger partial charge in [0.05, 0.1) is 19.3 Å². The molecule has 0 spiro atoms. The molecule has 0 saturated carbocycles. The summed E-state index contributed by atoms with van der Waals surface area (Å²) in [4.78, 5) is 12.2. The molecule has 0 unspecified atom stereocenters. The number of morpholine rings is 1. The fourth-order valence-corrected chi connectivity index (χ4v) is 2.12. The average molecular weight is 300 g/mol. The maximum absolute atomic E-state index is 12.2. The van der Waals surface area contributed by atoms with Crippen molar-refractivity contribution in [3.8, 4) is 6.07 Å². The lowest BCUT2D eigenvalue weighted by atomic mass is 10.1. The number of nitrogens with one attached hydrogen (secondary N) is 2. The molecule has 2 rings (SSSR count). The fraction of sp³-hybridized carbons (Fsp3) is 0.375. The first-order chi connectivity index (χ1) is 10.7. The minimum atomic E-state index is -0.924. The molecule has 6 nitrogen and oxygen atoms in total. The van der Waals surface area contributed by atoms with Crippen molar-refractivity contribution in [2.45, 2.75) is 6.54 Å². The van der Waals surface area contributed by atoms with Crippen molar-refractivity contribution in [1.29, 1.82) is 5.26 Å². The van der Waals surface area contributed by atoms with Gasteiger partial charge in [0.2, 0.25) is 5.91 Å². The summed E-state index contributed by atoms with van der Waals surface area (Å²) in [5.74, 6) is -1.27. The Balaban J connectivity index is 1.85. The molecule has 1 aliphatic rings. The number of hydrogen-bond donors (Lipinski definition) is 2. The standard InChI is InChI=1S/C16H20N4O2/c1-13(19-20-7-9-22-10-8-20)15(11-17)16(21)18-12-14-5-3-2-4-6-14/h2-6,15,19H,1,7-10,12H2,(H,18,21)/t15-/m1/s1. The highest BCUT2D eigenvalue weighted by Crippen LogP contribution is 2.08. The third-order valence-corrected chi connectivity index (χ3v) is 3.36. The lowest BCUT2D eigenvalue weighted by Gasteiger charge is -2.29. The number of nitriles is 1. The van der Waals surface area contributed by atoms with Gasteiger partial charge in [-0.15, -0.1) is 0 Å². The van der Waals surface area contributed by atoms with Gasteiger partial charge in [0.1, 0.15) is 0 Å². The Bertz CT molecular complexity index is 547. The molecule has 22 heavy (non-hydrogen) atoms. The molecule has 0 aliphatic carbocycles. The maximum atomic E-state index is 12.2. The Morgan fingerprint density at radius 3 is 2.68 bits per heavy atom. The molecule has 1 fully saturated rings. The van der Waals surface area contributed by atoms with Gasteiger partial charge in [0.15, 0.2) is 5.92 Å². The van der Waals surface area contributed by atoms with Gasteiger partial charge in [-0.25, -0.2) is 5.01 Å². The van der Waals surface area contributed by atoms with Crippen LogP contribution in [0.3, 0.4) is 0 Å². The molecule has 1 aliphatic heterocycles. The zero-order valence-electron chi connectivity index (χ0n) is 12.4. The van der Waals surface area contributed by atoms with Gasteiger partial charge >= 0.3 is 0 Å². The number of carbonyl (C=O) groups excluding carboxylic acids is 1. The SMILES string of the molecule is C=C(NN1CCOCC1)[C@@H](C#N)C(=O)NCc1ccccc1. The van der Waals surface area contributed by atoms with E-state index in [9.17, 15) is 10.1 Å². The molecule has 1 atom stereocenters. The lowest BCUT2D eigenvalue weighted by Crippen LogP contribution is -2.47. The van der Waals surface area contributed by atoms with Gasteiger partial charge in [-0.1, -0.05) is 36.9 Å². The largest absolute Gasteiger partial charge is 0.379 e. The van der Waals surface area contributed by atoms with Crippen LogP contribution in [0.5, 0.6) is 0 Å². The van der Waals surface area contributed by atoms with Crippen LogP contribution < -0.4 is 10.7 Å². The van der Waals surface area contributed by atoms with Crippen LogP contribution in [-0.2, 0) is 16.1 Å². The second kappa shape index (κ2) is 8.17. The van der Waals surface area contributed by atoms with E-state index in [1.54, 1.807) is 0 Å². The number of nitrogens with zero attached hydrogens (tertiary/aromatic N) is 2. The number of hydrogen-bond acceptors (Lipinski definition) is 5. The summed E-state index contributed by atoms with van der Waals surface area (Å²) in [6.07, 6.45) is 0. The molecular weight excluding hydrogens is 280 g/mol. The lowest BCUT2D eigenvalue weighted by molar-refractivity contribution is -0.122. The number of hydrazine groups is 1. The quantitative estimate of drug-likeness (QED) is 0.812. The van der Waals surface area contributed by atoms with Crippen molar-refractivity contribution in [3.05, 3.63) is 48.2 Å². The van der Waals surface area contributed by atoms with Crippen LogP contribution in [0, 0.1) is 17.2 Å². The molecule has 1 heterocycles. The molecule has 0 aromatic heterocycles. The second-order valence-corrected chi connectivity index (χ2v) is 5.00. The van der Waals surface area contributed by atoms with Gasteiger partial charge in [-0.3, -0.25) is 4.79 Å². The molecule has 6 heteroatoms. The molecular formula is C16H20N4O2. The van der Waals surface area contributed by atoms with Gasteiger partial charge < -0.3 is 15.5 Å². The molecule has 1 aromatic carbocycles. The summed E-state index contributed by atoms with van der Waals surface area (Å²) < 4.78 is 5.25. The summed E-state index contributed by atoms with van der Waals surface area (Å²) in [6, 6.07) is 11.6. The molecule has 0 radical (unpaired) electrons. The van der Waals surface area contributed by atoms with Crippen LogP contribution >= 0.6 is 0 Å². The van der Waals surface area contributed by atoms with Crippen molar-refractivity contribution in [2.75, 3.05) is 26.3 Å². The molecule has 1 aromatic rings. The first-order valence-electron chi connectivity index (χ1n) is 7.20. The summed E-state index contributed by atoms with van der Waals surface area (Å²) >= 11 is 0. The van der Waals surface area contributed by atoms with E-state index >= 15 is 0 Å². The Kier molecular flexibility index (Phi) is 5.95. The van der Waals surface area contributed by atoms with E-state index < -0.39 is 5.92 Å². The third kappa shape index (κ3) is 4.58. The monoisotopic (exact) mass is 300 g/mol. The normalized spacial score (nSPS) is 16.3. The van der Waals surface area contributed by atoms with Crippen LogP contribution in [0.4, 0.5) is 0 Å². The van der Waals surface area contributed by atoms with Crippen LogP contribution in [0.2, 0.25) is 0 Å². The minimum absolute atomic E-state index is 0.350. The summed E-state index contributed by atoms with van der Waals surface area (Å²) in [6.45, 7) is 6.85. The predicted molar refractivity (Wildman–Crippen MR) is 82.1 cm³/mol. The van der Waals surface area contributed by atoms with Crippen molar-refractivity contribution in [2.24, 2.45) is 5.92 Å². The zero-order chi connectivity index (χ0) is 15.8. The van der Waals surface area contributed by atoms with Crippen LogP contribution in [0.25, 0.3) is 0 Å². The van der Waals surface area contributed by atoms with E-state index in [-0.39, 0.29) is 5.91 Å². The molecule has 2 N–H and O–H groups in total. The number of rotatable bonds is 6. The number of carbonyl (C=O) groups is 1. The van der Waals surface area contributed by atoms with Crippen LogP contribution in [-0.4, -0.2) is 37.2 Å². The smallest absolute Gasteiger partial charge is 0.243 e. The first-order valence-corrected chi connectivity index (χ1v) is 7.20. The Labute approximate surface area is 130 Å². The van der Waals surface area contributed by atoms with E-state index in [0.717, 1.165) is 5.56 Å². The highest BCUT2D eigenvalue weighted by atomic mass is 16.5. The number of benzene rings is 1. The van der Waals surface area contributed by atoms with Gasteiger partial charge in [0.25, 0.3) is 0 Å². The highest BCUT2D eigenvalue weighted by molar-refractivity contribution is 5.83. The van der Waals surface area contributed by atoms with Gasteiger partial charge in [-0.05, 0) is 5.56 Å². The summed E-state index contributed by atoms with van der Waals surface area (Å²) in [7, 11) is 0. The van der Waals surface area contributed by atoms with Crippen molar-refractivity contribution >= 4 is 5.91 Å². The number of amides is 1. The van der Waals surface area contributed by atoms with E-state index in [1.807, 2.05) is 41.4 Å². The summed E-state index contributed by atoms with van der Waals surface area (Å²) in [5.41, 5.74) is 4.39. The predicted octanol–water partition coefficient (Wildman–Crippen LogP) is 0.793. The minimum Gasteiger partial charge on any atom is -0.379 e. The third-order valence-electron chi connectivity index (χ3n) is 3.36. The maximum Gasteiger partial charge on any atom is 0.243 e. The molecule has 1 saturated heterocycles. The van der Waals surface area contributed by atoms with Crippen molar-refractivity contribution in [3.63, 3.8) is 0 Å². The Morgan fingerprint density at radius 1 is 1.36 bits per heavy atom. The highest BCUT2D eigenvalue weighted by Gasteiger charge is 2.23. The van der Waals surface area contributed by atoms with Crippen molar-refractivity contribution < 1.29 is 9.53 Å². The van der Waals surface area contributed by atoms with E-state index in [0.29, 0.717) is 38.5 Å². The first kappa shape index (κ1) is 16.0. The topological polar surface area (TPSA) is 77.4 Å². The average Bonchev–Trinajstić information content (AvgIpc) is 2.55. The van der Waals surface area contributed by atoms with E-state index in [4.69, 9.17) is 4.74 Å². The van der Waals surface area contributed by atoms with E-state index in [1.165, 1.54) is 0 Å². The van der Waals surface area contributed by atoms with Gasteiger partial charge in [-0.2, -0.15) is 5.26 Å². The van der Waals surface area contributed by atoms with Gasteiger partial charge in [0, 0.05) is 25.3 Å².